The average molecular weight is 347 g/mol. The van der Waals surface area contributed by atoms with E-state index in [1.165, 1.54) is 0 Å². The maximum atomic E-state index is 12.5. The van der Waals surface area contributed by atoms with Crippen molar-refractivity contribution < 1.29 is 19.1 Å². The van der Waals surface area contributed by atoms with Crippen LogP contribution in [0.2, 0.25) is 0 Å². The number of benzene rings is 1. The van der Waals surface area contributed by atoms with Gasteiger partial charge in [-0.05, 0) is 30.9 Å². The lowest BCUT2D eigenvalue weighted by molar-refractivity contribution is -0.119. The lowest BCUT2D eigenvalue weighted by Crippen LogP contribution is -2.49. The predicted octanol–water partition coefficient (Wildman–Crippen LogP) is 2.75. The second-order valence-electron chi connectivity index (χ2n) is 6.84. The third-order valence-electron chi connectivity index (χ3n) is 4.96. The Hall–Kier alpha value is -2.44. The van der Waals surface area contributed by atoms with Crippen molar-refractivity contribution in [1.29, 1.82) is 0 Å². The zero-order chi connectivity index (χ0) is 18.0. The highest BCUT2D eigenvalue weighted by Gasteiger charge is 2.44. The highest BCUT2D eigenvalue weighted by atomic mass is 16.7. The molecule has 7 heteroatoms. The Balaban J connectivity index is 1.71. The summed E-state index contributed by atoms with van der Waals surface area (Å²) in [5.41, 5.74) is 5.79. The van der Waals surface area contributed by atoms with Gasteiger partial charge in [-0.3, -0.25) is 4.79 Å². The van der Waals surface area contributed by atoms with Crippen molar-refractivity contribution in [3.05, 3.63) is 18.2 Å². The van der Waals surface area contributed by atoms with Gasteiger partial charge < -0.3 is 25.8 Å². The Morgan fingerprint density at radius 3 is 2.56 bits per heavy atom. The number of hydrogen-bond acceptors (Lipinski definition) is 4. The Kier molecular flexibility index (Phi) is 4.74. The third-order valence-corrected chi connectivity index (χ3v) is 4.96. The summed E-state index contributed by atoms with van der Waals surface area (Å²) in [6.45, 7) is 3.85. The molecule has 0 radical (unpaired) electrons. The molecule has 136 valence electrons. The van der Waals surface area contributed by atoms with Gasteiger partial charge in [0.1, 0.15) is 6.04 Å². The molecule has 1 aromatic rings. The number of ether oxygens (including phenoxy) is 2. The van der Waals surface area contributed by atoms with E-state index in [9.17, 15) is 9.59 Å². The Morgan fingerprint density at radius 2 is 1.92 bits per heavy atom. The molecule has 0 saturated heterocycles. The lowest BCUT2D eigenvalue weighted by Gasteiger charge is -2.22. The van der Waals surface area contributed by atoms with Crippen LogP contribution in [0.4, 0.5) is 10.5 Å². The van der Waals surface area contributed by atoms with Crippen LogP contribution in [-0.4, -0.2) is 23.8 Å². The SMILES string of the molecule is CC[C@H](C)[C@H](NC(N)=O)C(=O)Nc1ccc2c(c1)OC1(CCCC1)O2. The number of amides is 3. The van der Waals surface area contributed by atoms with Gasteiger partial charge in [-0.15, -0.1) is 0 Å². The van der Waals surface area contributed by atoms with E-state index < -0.39 is 17.9 Å². The zero-order valence-corrected chi connectivity index (χ0v) is 14.6. The minimum absolute atomic E-state index is 0.0386. The maximum absolute atomic E-state index is 12.5. The number of carbonyl (C=O) groups excluding carboxylic acids is 2. The van der Waals surface area contributed by atoms with E-state index in [0.717, 1.165) is 32.1 Å². The van der Waals surface area contributed by atoms with Crippen LogP contribution in [0.1, 0.15) is 46.0 Å². The first-order valence-corrected chi connectivity index (χ1v) is 8.81. The van der Waals surface area contributed by atoms with Gasteiger partial charge in [-0.1, -0.05) is 20.3 Å². The van der Waals surface area contributed by atoms with Crippen molar-refractivity contribution in [2.75, 3.05) is 5.32 Å². The maximum Gasteiger partial charge on any atom is 0.312 e. The largest absolute Gasteiger partial charge is 0.448 e. The molecule has 3 amide bonds. The van der Waals surface area contributed by atoms with Crippen molar-refractivity contribution in [2.24, 2.45) is 11.7 Å². The van der Waals surface area contributed by atoms with Crippen LogP contribution < -0.4 is 25.8 Å². The van der Waals surface area contributed by atoms with E-state index in [2.05, 4.69) is 10.6 Å². The molecule has 1 heterocycles. The number of hydrogen-bond donors (Lipinski definition) is 3. The molecule has 1 fully saturated rings. The summed E-state index contributed by atoms with van der Waals surface area (Å²) in [4.78, 5) is 23.7. The van der Waals surface area contributed by atoms with Crippen LogP contribution in [0.15, 0.2) is 18.2 Å². The van der Waals surface area contributed by atoms with Crippen molar-refractivity contribution in [3.63, 3.8) is 0 Å². The predicted molar refractivity (Wildman–Crippen MR) is 93.5 cm³/mol. The third kappa shape index (κ3) is 3.65. The molecule has 25 heavy (non-hydrogen) atoms. The standard InChI is InChI=1S/C18H25N3O4/c1-3-11(2)15(21-17(19)23)16(22)20-12-6-7-13-14(10-12)25-18(24-13)8-4-5-9-18/h6-7,10-11,15H,3-5,8-9H2,1-2H3,(H,20,22)(H3,19,21,23)/t11-,15-/m0/s1. The average Bonchev–Trinajstić information content (AvgIpc) is 3.17. The molecule has 0 bridgehead atoms. The highest BCUT2D eigenvalue weighted by molar-refractivity contribution is 5.97. The normalized spacial score (nSPS) is 19.4. The van der Waals surface area contributed by atoms with E-state index in [4.69, 9.17) is 15.2 Å². The molecule has 1 aliphatic carbocycles. The van der Waals surface area contributed by atoms with Crippen molar-refractivity contribution in [2.45, 2.75) is 57.8 Å². The van der Waals surface area contributed by atoms with E-state index >= 15 is 0 Å². The Labute approximate surface area is 147 Å². The highest BCUT2D eigenvalue weighted by Crippen LogP contribution is 2.47. The summed E-state index contributed by atoms with van der Waals surface area (Å²) in [5.74, 6) is 0.472. The molecule has 1 spiro atoms. The number of primary amides is 1. The molecule has 2 aliphatic rings. The van der Waals surface area contributed by atoms with E-state index in [0.29, 0.717) is 17.2 Å². The fraction of sp³-hybridized carbons (Fsp3) is 0.556. The molecular formula is C18H25N3O4. The summed E-state index contributed by atoms with van der Waals surface area (Å²) < 4.78 is 12.0. The second-order valence-corrected chi connectivity index (χ2v) is 6.84. The van der Waals surface area contributed by atoms with Crippen LogP contribution >= 0.6 is 0 Å². The fourth-order valence-corrected chi connectivity index (χ4v) is 3.36. The molecule has 2 atom stereocenters. The summed E-state index contributed by atoms with van der Waals surface area (Å²) in [5, 5.41) is 5.34. The monoisotopic (exact) mass is 347 g/mol. The second kappa shape index (κ2) is 6.82. The van der Waals surface area contributed by atoms with E-state index in [1.807, 2.05) is 13.8 Å². The molecule has 1 aromatic carbocycles. The quantitative estimate of drug-likeness (QED) is 0.762. The minimum Gasteiger partial charge on any atom is -0.448 e. The number of nitrogens with two attached hydrogens (primary N) is 1. The number of urea groups is 1. The molecule has 0 aromatic heterocycles. The van der Waals surface area contributed by atoms with E-state index in [1.54, 1.807) is 18.2 Å². The number of anilines is 1. The Bertz CT molecular complexity index is 670. The lowest BCUT2D eigenvalue weighted by atomic mass is 9.98. The summed E-state index contributed by atoms with van der Waals surface area (Å²) in [7, 11) is 0. The van der Waals surface area contributed by atoms with Gasteiger partial charge in [0.25, 0.3) is 5.79 Å². The zero-order valence-electron chi connectivity index (χ0n) is 14.6. The minimum atomic E-state index is -0.714. The summed E-state index contributed by atoms with van der Waals surface area (Å²) in [6.07, 6.45) is 4.67. The first-order chi connectivity index (χ1) is 11.9. The summed E-state index contributed by atoms with van der Waals surface area (Å²) in [6, 6.07) is 3.94. The van der Waals surface area contributed by atoms with E-state index in [-0.39, 0.29) is 11.8 Å². The van der Waals surface area contributed by atoms with Gasteiger partial charge in [0.15, 0.2) is 11.5 Å². The molecule has 3 rings (SSSR count). The first-order valence-electron chi connectivity index (χ1n) is 8.81. The van der Waals surface area contributed by atoms with Crippen LogP contribution in [-0.2, 0) is 4.79 Å². The molecule has 7 nitrogen and oxygen atoms in total. The van der Waals surface area contributed by atoms with Gasteiger partial charge in [0.2, 0.25) is 5.91 Å². The van der Waals surface area contributed by atoms with Crippen LogP contribution in [0, 0.1) is 5.92 Å². The Morgan fingerprint density at radius 1 is 1.24 bits per heavy atom. The van der Waals surface area contributed by atoms with Crippen molar-refractivity contribution >= 4 is 17.6 Å². The molecule has 1 aliphatic heterocycles. The molecule has 1 saturated carbocycles. The fourth-order valence-electron chi connectivity index (χ4n) is 3.36. The first kappa shape index (κ1) is 17.4. The number of carbonyl (C=O) groups is 2. The topological polar surface area (TPSA) is 103 Å². The summed E-state index contributed by atoms with van der Waals surface area (Å²) >= 11 is 0. The van der Waals surface area contributed by atoms with Gasteiger partial charge in [0.05, 0.1) is 0 Å². The number of rotatable bonds is 5. The molecule has 0 unspecified atom stereocenters. The smallest absolute Gasteiger partial charge is 0.312 e. The van der Waals surface area contributed by atoms with Crippen LogP contribution in [0.3, 0.4) is 0 Å². The van der Waals surface area contributed by atoms with Crippen molar-refractivity contribution in [3.8, 4) is 11.5 Å². The van der Waals surface area contributed by atoms with Gasteiger partial charge in [0, 0.05) is 24.6 Å². The van der Waals surface area contributed by atoms with Crippen molar-refractivity contribution in [1.82, 2.24) is 5.32 Å². The van der Waals surface area contributed by atoms with Gasteiger partial charge in [-0.2, -0.15) is 0 Å². The number of fused-ring (bicyclic) bond motifs is 1. The van der Waals surface area contributed by atoms with Gasteiger partial charge in [-0.25, -0.2) is 4.79 Å². The molecular weight excluding hydrogens is 322 g/mol. The van der Waals surface area contributed by atoms with Crippen LogP contribution in [0.25, 0.3) is 0 Å². The molecule has 4 N–H and O–H groups in total. The van der Waals surface area contributed by atoms with Gasteiger partial charge >= 0.3 is 6.03 Å². The number of nitrogens with one attached hydrogen (secondary N) is 2. The van der Waals surface area contributed by atoms with Crippen LogP contribution in [0.5, 0.6) is 11.5 Å².